The quantitative estimate of drug-likeness (QED) is 0.728. The number of aromatic nitrogens is 3. The summed E-state index contributed by atoms with van der Waals surface area (Å²) >= 11 is 0. The van der Waals surface area contributed by atoms with Crippen LogP contribution in [0.2, 0.25) is 0 Å². The number of hydrogen-bond acceptors (Lipinski definition) is 4. The molecule has 0 radical (unpaired) electrons. The van der Waals surface area contributed by atoms with Gasteiger partial charge in [0.2, 0.25) is 0 Å². The van der Waals surface area contributed by atoms with Crippen LogP contribution in [0, 0.1) is 18.3 Å². The Morgan fingerprint density at radius 2 is 2.29 bits per heavy atom. The highest BCUT2D eigenvalue weighted by molar-refractivity contribution is 5.84. The molecule has 2 heterocycles. The molecular weight excluding hydrogens is 180 g/mol. The van der Waals surface area contributed by atoms with Crippen molar-refractivity contribution in [3.63, 3.8) is 0 Å². The summed E-state index contributed by atoms with van der Waals surface area (Å²) < 4.78 is 4.92. The van der Waals surface area contributed by atoms with Crippen LogP contribution in [0.15, 0.2) is 6.20 Å². The number of aromatic amines is 1. The number of hydrogen-bond donors (Lipinski definition) is 1. The van der Waals surface area contributed by atoms with Crippen molar-refractivity contribution in [2.24, 2.45) is 0 Å². The minimum atomic E-state index is 0.307. The maximum Gasteiger partial charge on any atom is 0.318 e. The van der Waals surface area contributed by atoms with Gasteiger partial charge in [0, 0.05) is 6.20 Å². The molecule has 0 bridgehead atoms. The monoisotopic (exact) mass is 188 g/mol. The normalized spacial score (nSPS) is 10.1. The molecule has 0 fully saturated rings. The Balaban J connectivity index is 2.80. The van der Waals surface area contributed by atoms with Gasteiger partial charge in [0.1, 0.15) is 11.7 Å². The van der Waals surface area contributed by atoms with Crippen molar-refractivity contribution in [3.8, 4) is 12.1 Å². The molecule has 0 saturated heterocycles. The van der Waals surface area contributed by atoms with Gasteiger partial charge in [-0.3, -0.25) is 0 Å². The first-order chi connectivity index (χ1) is 6.76. The Labute approximate surface area is 80.4 Å². The van der Waals surface area contributed by atoms with Gasteiger partial charge < -0.3 is 9.72 Å². The van der Waals surface area contributed by atoms with Crippen LogP contribution in [0.5, 0.6) is 6.01 Å². The highest BCUT2D eigenvalue weighted by Gasteiger charge is 2.10. The van der Waals surface area contributed by atoms with E-state index in [9.17, 15) is 0 Å². The molecule has 0 aliphatic carbocycles. The number of methoxy groups -OCH3 is 1. The molecule has 0 atom stereocenters. The van der Waals surface area contributed by atoms with Crippen molar-refractivity contribution >= 4 is 11.0 Å². The van der Waals surface area contributed by atoms with Crippen LogP contribution < -0.4 is 4.74 Å². The number of nitrogens with zero attached hydrogens (tertiary/aromatic N) is 3. The average molecular weight is 188 g/mol. The molecule has 5 heteroatoms. The first kappa shape index (κ1) is 8.51. The van der Waals surface area contributed by atoms with Gasteiger partial charge in [0.25, 0.3) is 0 Å². The Hall–Kier alpha value is -2.09. The number of ether oxygens (including phenoxy) is 1. The van der Waals surface area contributed by atoms with Crippen molar-refractivity contribution in [2.45, 2.75) is 6.92 Å². The first-order valence-corrected chi connectivity index (χ1v) is 4.06. The van der Waals surface area contributed by atoms with E-state index < -0.39 is 0 Å². The summed E-state index contributed by atoms with van der Waals surface area (Å²) in [5.41, 5.74) is 1.93. The fraction of sp³-hybridized carbons (Fsp3) is 0.222. The molecule has 0 spiro atoms. The number of nitriles is 1. The van der Waals surface area contributed by atoms with E-state index in [1.54, 1.807) is 6.20 Å². The Morgan fingerprint density at radius 1 is 1.50 bits per heavy atom. The zero-order valence-electron chi connectivity index (χ0n) is 7.83. The summed E-state index contributed by atoms with van der Waals surface area (Å²) in [5.74, 6) is 0. The summed E-state index contributed by atoms with van der Waals surface area (Å²) in [6.07, 6.45) is 1.62. The Kier molecular flexibility index (Phi) is 1.82. The number of rotatable bonds is 1. The molecule has 70 valence electrons. The van der Waals surface area contributed by atoms with Gasteiger partial charge in [-0.25, -0.2) is 0 Å². The van der Waals surface area contributed by atoms with Crippen LogP contribution in [0.25, 0.3) is 11.0 Å². The van der Waals surface area contributed by atoms with Gasteiger partial charge in [-0.05, 0) is 6.92 Å². The van der Waals surface area contributed by atoms with E-state index in [2.05, 4.69) is 21.0 Å². The van der Waals surface area contributed by atoms with Crippen LogP contribution in [0.3, 0.4) is 0 Å². The highest BCUT2D eigenvalue weighted by Crippen LogP contribution is 2.20. The lowest BCUT2D eigenvalue weighted by Gasteiger charge is -1.99. The minimum Gasteiger partial charge on any atom is -0.467 e. The number of H-pyrrole nitrogens is 1. The minimum absolute atomic E-state index is 0.307. The van der Waals surface area contributed by atoms with Gasteiger partial charge in [-0.2, -0.15) is 15.2 Å². The van der Waals surface area contributed by atoms with Gasteiger partial charge >= 0.3 is 6.01 Å². The van der Waals surface area contributed by atoms with E-state index in [0.29, 0.717) is 17.2 Å². The Morgan fingerprint density at radius 3 is 2.93 bits per heavy atom. The lowest BCUT2D eigenvalue weighted by atomic mass is 10.2. The lowest BCUT2D eigenvalue weighted by molar-refractivity contribution is 0.380. The molecule has 1 N–H and O–H groups in total. The van der Waals surface area contributed by atoms with E-state index in [0.717, 1.165) is 11.1 Å². The maximum absolute atomic E-state index is 8.82. The SMILES string of the molecule is COc1nc(C)c2c(C#N)c[nH]c2n1. The number of aryl methyl sites for hydroxylation is 1. The average Bonchev–Trinajstić information content (AvgIpc) is 2.61. The summed E-state index contributed by atoms with van der Waals surface area (Å²) in [4.78, 5) is 11.1. The van der Waals surface area contributed by atoms with E-state index in [1.807, 2.05) is 6.92 Å². The standard InChI is InChI=1S/C9H8N4O/c1-5-7-6(3-10)4-11-8(7)13-9(12-5)14-2/h4H,1-2H3,(H,11,12,13). The van der Waals surface area contributed by atoms with Crippen LogP contribution in [0.1, 0.15) is 11.3 Å². The first-order valence-electron chi connectivity index (χ1n) is 4.06. The summed E-state index contributed by atoms with van der Waals surface area (Å²) in [6, 6.07) is 2.38. The second kappa shape index (κ2) is 3.00. The van der Waals surface area contributed by atoms with Crippen LogP contribution in [-0.4, -0.2) is 22.1 Å². The second-order valence-corrected chi connectivity index (χ2v) is 2.83. The molecule has 5 nitrogen and oxygen atoms in total. The van der Waals surface area contributed by atoms with Crippen LogP contribution in [0.4, 0.5) is 0 Å². The topological polar surface area (TPSA) is 74.6 Å². The number of nitrogens with one attached hydrogen (secondary N) is 1. The second-order valence-electron chi connectivity index (χ2n) is 2.83. The highest BCUT2D eigenvalue weighted by atomic mass is 16.5. The fourth-order valence-electron chi connectivity index (χ4n) is 1.37. The van der Waals surface area contributed by atoms with E-state index in [4.69, 9.17) is 10.00 Å². The van der Waals surface area contributed by atoms with Gasteiger partial charge in [-0.15, -0.1) is 0 Å². The molecule has 0 saturated carbocycles. The molecule has 0 aromatic carbocycles. The fourth-order valence-corrected chi connectivity index (χ4v) is 1.37. The van der Waals surface area contributed by atoms with Gasteiger partial charge in [0.05, 0.1) is 23.8 Å². The molecule has 2 aromatic rings. The third kappa shape index (κ3) is 1.09. The maximum atomic E-state index is 8.82. The molecule has 2 aromatic heterocycles. The largest absolute Gasteiger partial charge is 0.467 e. The Bertz CT molecular complexity index is 523. The van der Waals surface area contributed by atoms with E-state index >= 15 is 0 Å². The van der Waals surface area contributed by atoms with Crippen molar-refractivity contribution in [1.29, 1.82) is 5.26 Å². The molecule has 2 rings (SSSR count). The van der Waals surface area contributed by atoms with E-state index in [1.165, 1.54) is 7.11 Å². The molecule has 14 heavy (non-hydrogen) atoms. The van der Waals surface area contributed by atoms with E-state index in [-0.39, 0.29) is 0 Å². The third-order valence-corrected chi connectivity index (χ3v) is 1.99. The van der Waals surface area contributed by atoms with Crippen molar-refractivity contribution in [1.82, 2.24) is 15.0 Å². The van der Waals surface area contributed by atoms with Crippen LogP contribution in [-0.2, 0) is 0 Å². The smallest absolute Gasteiger partial charge is 0.318 e. The predicted octanol–water partition coefficient (Wildman–Crippen LogP) is 1.15. The molecule has 0 amide bonds. The summed E-state index contributed by atoms with van der Waals surface area (Å²) in [5, 5.41) is 9.58. The zero-order chi connectivity index (χ0) is 10.1. The van der Waals surface area contributed by atoms with Crippen molar-refractivity contribution in [2.75, 3.05) is 7.11 Å². The summed E-state index contributed by atoms with van der Waals surface area (Å²) in [7, 11) is 1.51. The van der Waals surface area contributed by atoms with Crippen molar-refractivity contribution < 1.29 is 4.74 Å². The molecule has 0 unspecified atom stereocenters. The van der Waals surface area contributed by atoms with Gasteiger partial charge in [0.15, 0.2) is 0 Å². The van der Waals surface area contributed by atoms with Crippen LogP contribution >= 0.6 is 0 Å². The van der Waals surface area contributed by atoms with Crippen molar-refractivity contribution in [3.05, 3.63) is 17.5 Å². The molecule has 0 aliphatic heterocycles. The van der Waals surface area contributed by atoms with Gasteiger partial charge in [-0.1, -0.05) is 0 Å². The lowest BCUT2D eigenvalue weighted by Crippen LogP contribution is -1.94. The zero-order valence-corrected chi connectivity index (χ0v) is 7.83. The molecular formula is C9H8N4O. The molecule has 0 aliphatic rings. The predicted molar refractivity (Wildman–Crippen MR) is 49.9 cm³/mol. The third-order valence-electron chi connectivity index (χ3n) is 1.99. The summed E-state index contributed by atoms with van der Waals surface area (Å²) in [6.45, 7) is 1.82. The number of fused-ring (bicyclic) bond motifs is 1.